The fraction of sp³-hybridized carbons (Fsp3) is 0.783. The molecule has 10 heteroatoms. The summed E-state index contributed by atoms with van der Waals surface area (Å²) in [6.07, 6.45) is 25.9. The third-order valence-corrected chi connectivity index (χ3v) is 15.2. The maximum atomic E-state index is 6.88. The monoisotopic (exact) mass is 811 g/mol. The van der Waals surface area contributed by atoms with Crippen LogP contribution in [-0.2, 0) is 18.6 Å². The Kier molecular flexibility index (Phi) is 17.0. The molecule has 2 aromatic heterocycles. The molecule has 0 saturated carbocycles. The molecule has 2 aliphatic rings. The van der Waals surface area contributed by atoms with Crippen LogP contribution in [0.4, 0.5) is 0 Å². The number of unbranched alkanes of at least 4 members (excludes halogenated alkanes) is 18. The standard InChI is InChI=1S/C46H76B2O6S2/c1-11-13-15-17-19-21-23-25-27-29-31-49-39-35-33-37(47-51-43(3,4)44(5,6)52-47)56-42(35)40(50-32-30-28-26-24-22-20-18-16-14-12-2)36-34-38(55-41(36)39)48-53-45(7,8)46(9,10)54-48/h33-34H,11-32H2,1-10H3. The zero-order valence-electron chi connectivity index (χ0n) is 37.1. The van der Waals surface area contributed by atoms with Crippen molar-refractivity contribution in [3.8, 4) is 11.5 Å². The van der Waals surface area contributed by atoms with Crippen LogP contribution in [0.25, 0.3) is 20.2 Å². The fourth-order valence-electron chi connectivity index (χ4n) is 7.70. The summed E-state index contributed by atoms with van der Waals surface area (Å²) in [5.41, 5.74) is -1.68. The predicted octanol–water partition coefficient (Wildman–Crippen LogP) is 13.3. The molecular formula is C46H76B2O6S2. The number of thiophene rings is 2. The van der Waals surface area contributed by atoms with Crippen LogP contribution in [0.15, 0.2) is 12.1 Å². The number of benzene rings is 1. The Morgan fingerprint density at radius 2 is 0.696 bits per heavy atom. The predicted molar refractivity (Wildman–Crippen MR) is 243 cm³/mol. The summed E-state index contributed by atoms with van der Waals surface area (Å²) in [6.45, 7) is 22.9. The lowest BCUT2D eigenvalue weighted by atomic mass is 9.87. The van der Waals surface area contributed by atoms with Gasteiger partial charge in [0.25, 0.3) is 0 Å². The van der Waals surface area contributed by atoms with E-state index in [0.29, 0.717) is 13.2 Å². The maximum Gasteiger partial charge on any atom is 0.505 e. The molecule has 0 radical (unpaired) electrons. The molecule has 3 aromatic rings. The molecule has 0 unspecified atom stereocenters. The average Bonchev–Trinajstić information content (AvgIpc) is 3.87. The quantitative estimate of drug-likeness (QED) is 0.0595. The summed E-state index contributed by atoms with van der Waals surface area (Å²) >= 11 is 3.44. The van der Waals surface area contributed by atoms with E-state index in [1.807, 2.05) is 0 Å². The summed E-state index contributed by atoms with van der Waals surface area (Å²) in [6, 6.07) is 4.49. The number of rotatable bonds is 26. The zero-order chi connectivity index (χ0) is 40.4. The maximum absolute atomic E-state index is 6.88. The van der Waals surface area contributed by atoms with E-state index in [4.69, 9.17) is 28.1 Å². The van der Waals surface area contributed by atoms with Crippen LogP contribution >= 0.6 is 22.7 Å². The highest BCUT2D eigenvalue weighted by Crippen LogP contribution is 2.48. The van der Waals surface area contributed by atoms with Crippen LogP contribution in [-0.4, -0.2) is 49.9 Å². The summed E-state index contributed by atoms with van der Waals surface area (Å²) in [4.78, 5) is 0. The van der Waals surface area contributed by atoms with E-state index in [-0.39, 0.29) is 0 Å². The van der Waals surface area contributed by atoms with Gasteiger partial charge in [-0.15, -0.1) is 22.7 Å². The van der Waals surface area contributed by atoms with Gasteiger partial charge in [0.15, 0.2) is 0 Å². The summed E-state index contributed by atoms with van der Waals surface area (Å²) in [7, 11) is -0.888. The fourth-order valence-corrected chi connectivity index (χ4v) is 9.96. The molecule has 0 N–H and O–H groups in total. The molecule has 56 heavy (non-hydrogen) atoms. The molecule has 0 atom stereocenters. The molecule has 6 nitrogen and oxygen atoms in total. The summed E-state index contributed by atoms with van der Waals surface area (Å²) in [5, 5.41) is 2.17. The lowest BCUT2D eigenvalue weighted by Gasteiger charge is -2.32. The van der Waals surface area contributed by atoms with Crippen molar-refractivity contribution in [3.63, 3.8) is 0 Å². The average molecular weight is 811 g/mol. The number of hydrogen-bond donors (Lipinski definition) is 0. The molecule has 2 fully saturated rings. The molecule has 2 saturated heterocycles. The van der Waals surface area contributed by atoms with Gasteiger partial charge in [-0.2, -0.15) is 0 Å². The summed E-state index contributed by atoms with van der Waals surface area (Å²) < 4.78 is 44.4. The Morgan fingerprint density at radius 3 is 0.982 bits per heavy atom. The van der Waals surface area contributed by atoms with Gasteiger partial charge >= 0.3 is 14.2 Å². The van der Waals surface area contributed by atoms with Crippen molar-refractivity contribution in [3.05, 3.63) is 12.1 Å². The van der Waals surface area contributed by atoms with Crippen LogP contribution in [0.3, 0.4) is 0 Å². The van der Waals surface area contributed by atoms with Crippen molar-refractivity contribution in [1.29, 1.82) is 0 Å². The van der Waals surface area contributed by atoms with Crippen molar-refractivity contribution in [1.82, 2.24) is 0 Å². The SMILES string of the molecule is CCCCCCCCCCCCOc1c2cc(B3OC(C)(C)C(C)(C)O3)sc2c(OCCCCCCCCCCCC)c2cc(B3OC(C)(C)C(C)(C)O3)sc12. The number of ether oxygens (including phenoxy) is 2. The van der Waals surface area contributed by atoms with Crippen molar-refractivity contribution in [2.45, 2.75) is 220 Å². The minimum absolute atomic E-state index is 0.421. The van der Waals surface area contributed by atoms with Gasteiger partial charge in [-0.05, 0) is 80.4 Å². The van der Waals surface area contributed by atoms with Crippen LogP contribution in [0, 0.1) is 0 Å². The first-order valence-corrected chi connectivity index (χ1v) is 24.3. The van der Waals surface area contributed by atoms with E-state index in [1.165, 1.54) is 116 Å². The van der Waals surface area contributed by atoms with Gasteiger partial charge in [0.1, 0.15) is 11.5 Å². The zero-order valence-corrected chi connectivity index (χ0v) is 38.8. The Morgan fingerprint density at radius 1 is 0.429 bits per heavy atom. The minimum atomic E-state index is -0.444. The molecule has 0 aliphatic carbocycles. The molecule has 5 rings (SSSR count). The second-order valence-electron chi connectivity index (χ2n) is 18.7. The van der Waals surface area contributed by atoms with Crippen LogP contribution in [0.5, 0.6) is 11.5 Å². The van der Waals surface area contributed by atoms with Crippen LogP contribution in [0.1, 0.15) is 198 Å². The van der Waals surface area contributed by atoms with E-state index in [2.05, 4.69) is 81.4 Å². The third kappa shape index (κ3) is 11.5. The van der Waals surface area contributed by atoms with Gasteiger partial charge in [0, 0.05) is 20.3 Å². The number of hydrogen-bond acceptors (Lipinski definition) is 8. The molecule has 1 aromatic carbocycles. The van der Waals surface area contributed by atoms with E-state index in [9.17, 15) is 0 Å². The lowest BCUT2D eigenvalue weighted by molar-refractivity contribution is 0.00578. The lowest BCUT2D eigenvalue weighted by Crippen LogP contribution is -2.41. The first-order chi connectivity index (χ1) is 26.7. The van der Waals surface area contributed by atoms with Crippen molar-refractivity contribution in [2.24, 2.45) is 0 Å². The van der Waals surface area contributed by atoms with Gasteiger partial charge in [-0.1, -0.05) is 129 Å². The molecule has 4 heterocycles. The molecule has 0 bridgehead atoms. The van der Waals surface area contributed by atoms with E-state index in [0.717, 1.165) is 54.1 Å². The molecule has 314 valence electrons. The largest absolute Gasteiger partial charge is 0.505 e. The highest BCUT2D eigenvalue weighted by molar-refractivity contribution is 7.30. The Balaban J connectivity index is 1.38. The smallest absolute Gasteiger partial charge is 0.491 e. The Labute approximate surface area is 350 Å². The van der Waals surface area contributed by atoms with Gasteiger partial charge in [-0.3, -0.25) is 0 Å². The second-order valence-corrected chi connectivity index (χ2v) is 20.8. The van der Waals surface area contributed by atoms with Crippen LogP contribution in [0.2, 0.25) is 0 Å². The first kappa shape index (κ1) is 45.8. The number of fused-ring (bicyclic) bond motifs is 2. The normalized spacial score (nSPS) is 18.5. The highest BCUT2D eigenvalue weighted by Gasteiger charge is 2.53. The highest BCUT2D eigenvalue weighted by atomic mass is 32.1. The Hall–Kier alpha value is -1.29. The van der Waals surface area contributed by atoms with Crippen molar-refractivity contribution in [2.75, 3.05) is 13.2 Å². The first-order valence-electron chi connectivity index (χ1n) is 22.7. The van der Waals surface area contributed by atoms with Crippen LogP contribution < -0.4 is 19.0 Å². The topological polar surface area (TPSA) is 55.4 Å². The molecule has 0 amide bonds. The summed E-state index contributed by atoms with van der Waals surface area (Å²) in [5.74, 6) is 1.87. The van der Waals surface area contributed by atoms with Gasteiger partial charge in [0.05, 0.1) is 45.0 Å². The molecular weight excluding hydrogens is 734 g/mol. The van der Waals surface area contributed by atoms with Crippen molar-refractivity contribution < 1.29 is 28.1 Å². The minimum Gasteiger partial charge on any atom is -0.491 e. The van der Waals surface area contributed by atoms with Crippen molar-refractivity contribution >= 4 is 66.6 Å². The van der Waals surface area contributed by atoms with Gasteiger partial charge in [-0.25, -0.2) is 0 Å². The third-order valence-electron chi connectivity index (χ3n) is 12.9. The second kappa shape index (κ2) is 20.8. The van der Waals surface area contributed by atoms with E-state index >= 15 is 0 Å². The van der Waals surface area contributed by atoms with Gasteiger partial charge < -0.3 is 28.1 Å². The van der Waals surface area contributed by atoms with E-state index < -0.39 is 36.6 Å². The molecule has 0 spiro atoms. The van der Waals surface area contributed by atoms with Gasteiger partial charge in [0.2, 0.25) is 0 Å². The Bertz CT molecular complexity index is 1440. The molecule has 2 aliphatic heterocycles. The van der Waals surface area contributed by atoms with E-state index in [1.54, 1.807) is 22.7 Å².